The highest BCUT2D eigenvalue weighted by atomic mass is 35.5. The van der Waals surface area contributed by atoms with E-state index in [0.29, 0.717) is 16.4 Å². The quantitative estimate of drug-likeness (QED) is 0.365. The van der Waals surface area contributed by atoms with Crippen molar-refractivity contribution in [1.82, 2.24) is 5.32 Å². The van der Waals surface area contributed by atoms with Crippen LogP contribution in [0.4, 0.5) is 16.2 Å². The van der Waals surface area contributed by atoms with Gasteiger partial charge >= 0.3 is 6.03 Å². The molecule has 0 saturated carbocycles. The molecule has 6 N–H and O–H groups in total. The number of halogens is 1. The second-order valence-corrected chi connectivity index (χ2v) is 9.07. The summed E-state index contributed by atoms with van der Waals surface area (Å²) in [5.41, 5.74) is 3.06. The maximum Gasteiger partial charge on any atom is 0.319 e. The van der Waals surface area contributed by atoms with Gasteiger partial charge in [-0.3, -0.25) is 0 Å². The summed E-state index contributed by atoms with van der Waals surface area (Å²) < 4.78 is 5.43. The van der Waals surface area contributed by atoms with Gasteiger partial charge in [0.1, 0.15) is 18.3 Å². The van der Waals surface area contributed by atoms with Crippen LogP contribution < -0.4 is 16.0 Å². The molecule has 3 rings (SSSR count). The van der Waals surface area contributed by atoms with Crippen molar-refractivity contribution < 1.29 is 24.9 Å². The normalized spacial score (nSPS) is 22.6. The number of allylic oxidation sites excluding steroid dienone is 1. The zero-order chi connectivity index (χ0) is 24.3. The molecule has 8 nitrogen and oxygen atoms in total. The molecule has 1 saturated heterocycles. The molecule has 0 aromatic heterocycles. The van der Waals surface area contributed by atoms with E-state index in [9.17, 15) is 20.1 Å². The lowest BCUT2D eigenvalue weighted by Crippen LogP contribution is -2.43. The van der Waals surface area contributed by atoms with Gasteiger partial charge in [0.05, 0.1) is 22.9 Å². The van der Waals surface area contributed by atoms with Crippen LogP contribution in [0.3, 0.4) is 0 Å². The number of ether oxygens (including phenoxy) is 1. The van der Waals surface area contributed by atoms with Gasteiger partial charge in [0.15, 0.2) is 6.23 Å². The number of aliphatic hydroxyl groups is 3. The number of amides is 2. The third-order valence-electron chi connectivity index (χ3n) is 5.57. The number of benzene rings is 2. The first kappa shape index (κ1) is 25.0. The van der Waals surface area contributed by atoms with Crippen molar-refractivity contribution in [3.05, 3.63) is 65.2 Å². The van der Waals surface area contributed by atoms with Crippen LogP contribution in [0.15, 0.2) is 49.0 Å². The maximum absolute atomic E-state index is 12.7. The lowest BCUT2D eigenvalue weighted by molar-refractivity contribution is -0.0153. The molecule has 1 fully saturated rings. The summed E-state index contributed by atoms with van der Waals surface area (Å²) in [5, 5.41) is 38.3. The fourth-order valence-electron chi connectivity index (χ4n) is 3.58. The molecule has 33 heavy (non-hydrogen) atoms. The van der Waals surface area contributed by atoms with E-state index in [-0.39, 0.29) is 0 Å². The van der Waals surface area contributed by atoms with E-state index in [4.69, 9.17) is 16.3 Å². The number of aliphatic hydroxyl groups excluding tert-OH is 3. The molecule has 9 heteroatoms. The van der Waals surface area contributed by atoms with Gasteiger partial charge in [-0.1, -0.05) is 42.0 Å². The summed E-state index contributed by atoms with van der Waals surface area (Å²) in [5.74, 6) is 0. The molecule has 0 bridgehead atoms. The van der Waals surface area contributed by atoms with E-state index in [0.717, 1.165) is 16.7 Å². The first-order chi connectivity index (χ1) is 15.5. The van der Waals surface area contributed by atoms with E-state index in [2.05, 4.69) is 22.5 Å². The molecule has 2 unspecified atom stereocenters. The smallest absolute Gasteiger partial charge is 0.319 e. The Bertz CT molecular complexity index is 1030. The summed E-state index contributed by atoms with van der Waals surface area (Å²) in [6, 6.07) is 12.2. The van der Waals surface area contributed by atoms with Crippen molar-refractivity contribution in [3.63, 3.8) is 0 Å². The van der Waals surface area contributed by atoms with E-state index in [1.807, 2.05) is 45.0 Å². The minimum absolute atomic E-state index is 0.329. The van der Waals surface area contributed by atoms with Crippen LogP contribution in [0.2, 0.25) is 5.02 Å². The minimum Gasteiger partial charge on any atom is -0.394 e. The summed E-state index contributed by atoms with van der Waals surface area (Å²) in [4.78, 5) is 12.7. The predicted octanol–water partition coefficient (Wildman–Crippen LogP) is 3.28. The largest absolute Gasteiger partial charge is 0.394 e. The summed E-state index contributed by atoms with van der Waals surface area (Å²) >= 11 is 6.25. The van der Waals surface area contributed by atoms with Crippen LogP contribution in [0.1, 0.15) is 31.9 Å². The molecule has 0 radical (unpaired) electrons. The van der Waals surface area contributed by atoms with E-state index in [1.165, 1.54) is 0 Å². The lowest BCUT2D eigenvalue weighted by Gasteiger charge is -2.27. The number of anilines is 2. The van der Waals surface area contributed by atoms with Crippen molar-refractivity contribution in [2.75, 3.05) is 17.2 Å². The zero-order valence-corrected chi connectivity index (χ0v) is 19.6. The average molecular weight is 476 g/mol. The zero-order valence-electron chi connectivity index (χ0n) is 18.8. The van der Waals surface area contributed by atoms with Gasteiger partial charge in [0, 0.05) is 5.69 Å². The number of hydrogen-bond acceptors (Lipinski definition) is 6. The second kappa shape index (κ2) is 10.1. The molecule has 0 aliphatic carbocycles. The molecule has 2 aromatic carbocycles. The average Bonchev–Trinajstić information content (AvgIpc) is 3.03. The first-order valence-electron chi connectivity index (χ1n) is 10.6. The number of carbonyl (C=O) groups is 1. The van der Waals surface area contributed by atoms with Gasteiger partial charge < -0.3 is 36.0 Å². The monoisotopic (exact) mass is 475 g/mol. The van der Waals surface area contributed by atoms with Gasteiger partial charge in [-0.25, -0.2) is 4.79 Å². The van der Waals surface area contributed by atoms with Gasteiger partial charge in [-0.15, -0.1) is 0 Å². The predicted molar refractivity (Wildman–Crippen MR) is 129 cm³/mol. The van der Waals surface area contributed by atoms with E-state index in [1.54, 1.807) is 18.2 Å². The molecule has 2 amide bonds. The highest BCUT2D eigenvalue weighted by Gasteiger charge is 2.42. The molecule has 178 valence electrons. The number of carbonyl (C=O) groups excluding carboxylic acids is 1. The van der Waals surface area contributed by atoms with Crippen LogP contribution >= 0.6 is 11.6 Å². The minimum atomic E-state index is -1.26. The van der Waals surface area contributed by atoms with Crippen molar-refractivity contribution in [3.8, 4) is 0 Å². The molecule has 2 aromatic rings. The van der Waals surface area contributed by atoms with Crippen LogP contribution in [-0.2, 0) is 10.3 Å². The Hall–Kier alpha value is -2.62. The Morgan fingerprint density at radius 1 is 1.18 bits per heavy atom. The van der Waals surface area contributed by atoms with Crippen LogP contribution in [-0.4, -0.2) is 52.5 Å². The van der Waals surface area contributed by atoms with Crippen molar-refractivity contribution in [2.45, 2.75) is 50.8 Å². The number of urea groups is 1. The highest BCUT2D eigenvalue weighted by Crippen LogP contribution is 2.30. The third-order valence-corrected chi connectivity index (χ3v) is 5.90. The Balaban J connectivity index is 1.69. The standard InChI is InChI=1S/C24H30ClN3O5/c1-13(2)14-6-5-7-15(10-14)24(3,4)28-23(32)26-16-8-9-17(25)18(11-16)27-22-21(31)20(30)19(12-29)33-22/h5-11,19-22,27,29-31H,1,12H2,2-4H3,(H2,26,28,32)/t19?,20-,21+,22?/m0/s1. The molecule has 0 spiro atoms. The molecule has 1 aliphatic heterocycles. The highest BCUT2D eigenvalue weighted by molar-refractivity contribution is 6.33. The fourth-order valence-corrected chi connectivity index (χ4v) is 3.75. The number of rotatable bonds is 7. The molecule has 1 aliphatic rings. The van der Waals surface area contributed by atoms with Crippen LogP contribution in [0.25, 0.3) is 5.57 Å². The summed E-state index contributed by atoms with van der Waals surface area (Å²) in [6.07, 6.45) is -4.37. The SMILES string of the molecule is C=C(C)c1cccc(C(C)(C)NC(=O)Nc2ccc(Cl)c(NC3OC(CO)[C@H](O)[C@H]3O)c2)c1. The van der Waals surface area contributed by atoms with E-state index >= 15 is 0 Å². The Kier molecular flexibility index (Phi) is 7.66. The van der Waals surface area contributed by atoms with Crippen molar-refractivity contribution in [1.29, 1.82) is 0 Å². The molecule has 1 heterocycles. The van der Waals surface area contributed by atoms with Crippen molar-refractivity contribution >= 4 is 34.6 Å². The molecular weight excluding hydrogens is 446 g/mol. The van der Waals surface area contributed by atoms with Gasteiger partial charge in [0.25, 0.3) is 0 Å². The Labute approximate surface area is 198 Å². The summed E-state index contributed by atoms with van der Waals surface area (Å²) in [6.45, 7) is 9.27. The number of nitrogens with one attached hydrogen (secondary N) is 3. The molecular formula is C24H30ClN3O5. The van der Waals surface area contributed by atoms with Gasteiger partial charge in [-0.05, 0) is 56.2 Å². The summed E-state index contributed by atoms with van der Waals surface area (Å²) in [7, 11) is 0. The van der Waals surface area contributed by atoms with E-state index < -0.39 is 42.7 Å². The maximum atomic E-state index is 12.7. The number of hydrogen-bond donors (Lipinski definition) is 6. The van der Waals surface area contributed by atoms with Crippen molar-refractivity contribution in [2.24, 2.45) is 0 Å². The fraction of sp³-hybridized carbons (Fsp3) is 0.375. The third kappa shape index (κ3) is 5.85. The van der Waals surface area contributed by atoms with Gasteiger partial charge in [-0.2, -0.15) is 0 Å². The topological polar surface area (TPSA) is 123 Å². The lowest BCUT2D eigenvalue weighted by atomic mass is 9.92. The van der Waals surface area contributed by atoms with Crippen LogP contribution in [0.5, 0.6) is 0 Å². The second-order valence-electron chi connectivity index (χ2n) is 8.66. The van der Waals surface area contributed by atoms with Crippen LogP contribution in [0, 0.1) is 0 Å². The Morgan fingerprint density at radius 2 is 1.91 bits per heavy atom. The Morgan fingerprint density at radius 3 is 2.55 bits per heavy atom. The van der Waals surface area contributed by atoms with Gasteiger partial charge in [0.2, 0.25) is 0 Å². The first-order valence-corrected chi connectivity index (χ1v) is 10.9. The molecule has 4 atom stereocenters.